The highest BCUT2D eigenvalue weighted by Gasteiger charge is 2.31. The van der Waals surface area contributed by atoms with Crippen molar-refractivity contribution in [3.05, 3.63) is 23.4 Å². The van der Waals surface area contributed by atoms with Gasteiger partial charge in [-0.3, -0.25) is 9.09 Å². The van der Waals surface area contributed by atoms with E-state index in [1.807, 2.05) is 4.90 Å². The van der Waals surface area contributed by atoms with Crippen LogP contribution in [0, 0.1) is 0 Å². The van der Waals surface area contributed by atoms with Crippen LogP contribution in [0.2, 0.25) is 5.02 Å². The molecule has 1 atom stereocenters. The van der Waals surface area contributed by atoms with Crippen molar-refractivity contribution < 1.29 is 22.0 Å². The maximum atomic E-state index is 12.4. The molecular formula is C14H23ClN3O5PS. The first kappa shape index (κ1) is 20.6. The van der Waals surface area contributed by atoms with E-state index in [9.17, 15) is 13.0 Å². The van der Waals surface area contributed by atoms with E-state index in [0.29, 0.717) is 31.2 Å². The van der Waals surface area contributed by atoms with Gasteiger partial charge in [0.25, 0.3) is 0 Å². The Morgan fingerprint density at radius 3 is 2.40 bits per heavy atom. The average Bonchev–Trinajstić information content (AvgIpc) is 2.61. The van der Waals surface area contributed by atoms with Crippen LogP contribution in [0.3, 0.4) is 0 Å². The van der Waals surface area contributed by atoms with Gasteiger partial charge < -0.3 is 9.42 Å². The standard InChI is InChI=1S/C14H23ClN3O5PS/c1-3-22-24(19,4-2)23-12-25(20,21)18-9-7-17(8-10-18)14-6-5-13(15)11-16-14/h5-6,11H,3-4,7-10,12H2,1-2H3. The van der Waals surface area contributed by atoms with Crippen LogP contribution < -0.4 is 4.90 Å². The largest absolute Gasteiger partial charge is 0.354 e. The minimum atomic E-state index is -3.67. The zero-order valence-corrected chi connectivity index (χ0v) is 16.8. The molecule has 0 bridgehead atoms. The van der Waals surface area contributed by atoms with Crippen molar-refractivity contribution in [3.8, 4) is 0 Å². The molecule has 1 aliphatic heterocycles. The molecular weight excluding hydrogens is 389 g/mol. The number of sulfonamides is 1. The van der Waals surface area contributed by atoms with E-state index in [1.165, 1.54) is 4.31 Å². The van der Waals surface area contributed by atoms with Crippen molar-refractivity contribution in [2.75, 3.05) is 49.8 Å². The first-order valence-corrected chi connectivity index (χ1v) is 11.7. The van der Waals surface area contributed by atoms with Crippen molar-refractivity contribution >= 4 is 35.0 Å². The molecule has 0 saturated carbocycles. The average molecular weight is 412 g/mol. The minimum Gasteiger partial charge on any atom is -0.354 e. The molecule has 1 fully saturated rings. The Morgan fingerprint density at radius 2 is 1.88 bits per heavy atom. The zero-order valence-electron chi connectivity index (χ0n) is 14.3. The van der Waals surface area contributed by atoms with Crippen molar-refractivity contribution in [3.63, 3.8) is 0 Å². The molecule has 0 N–H and O–H groups in total. The number of piperazine rings is 1. The lowest BCUT2D eigenvalue weighted by molar-refractivity contribution is 0.231. The van der Waals surface area contributed by atoms with Crippen LogP contribution in [-0.2, 0) is 23.6 Å². The number of rotatable bonds is 8. The highest BCUT2D eigenvalue weighted by molar-refractivity contribution is 7.89. The molecule has 0 spiro atoms. The predicted molar refractivity (Wildman–Crippen MR) is 97.7 cm³/mol. The third-order valence-electron chi connectivity index (χ3n) is 3.78. The Morgan fingerprint density at radius 1 is 1.20 bits per heavy atom. The van der Waals surface area contributed by atoms with E-state index >= 15 is 0 Å². The molecule has 11 heteroatoms. The molecule has 1 aromatic heterocycles. The molecule has 1 saturated heterocycles. The third-order valence-corrected chi connectivity index (χ3v) is 7.69. The summed E-state index contributed by atoms with van der Waals surface area (Å²) in [6.45, 7) is 5.15. The third kappa shape index (κ3) is 5.64. The van der Waals surface area contributed by atoms with Gasteiger partial charge in [-0.25, -0.2) is 13.4 Å². The molecule has 1 aliphatic rings. The summed E-state index contributed by atoms with van der Waals surface area (Å²) >= 11 is 5.82. The Hall–Kier alpha value is -0.700. The molecule has 0 radical (unpaired) electrons. The van der Waals surface area contributed by atoms with Crippen molar-refractivity contribution in [1.82, 2.24) is 9.29 Å². The van der Waals surface area contributed by atoms with E-state index in [0.717, 1.165) is 5.82 Å². The van der Waals surface area contributed by atoms with E-state index in [2.05, 4.69) is 4.98 Å². The van der Waals surface area contributed by atoms with Gasteiger partial charge in [-0.15, -0.1) is 0 Å². The number of pyridine rings is 1. The summed E-state index contributed by atoms with van der Waals surface area (Å²) in [5.41, 5.74) is 0. The van der Waals surface area contributed by atoms with E-state index in [4.69, 9.17) is 20.6 Å². The second-order valence-corrected chi connectivity index (χ2v) is 10.1. The maximum absolute atomic E-state index is 12.4. The van der Waals surface area contributed by atoms with Crippen LogP contribution in [0.1, 0.15) is 13.8 Å². The first-order valence-electron chi connectivity index (χ1n) is 8.02. The molecule has 0 aliphatic carbocycles. The van der Waals surface area contributed by atoms with Gasteiger partial charge in [0, 0.05) is 38.5 Å². The smallest absolute Gasteiger partial charge is 0.331 e. The lowest BCUT2D eigenvalue weighted by Crippen LogP contribution is -2.49. The number of nitrogens with zero attached hydrogens (tertiary/aromatic N) is 3. The maximum Gasteiger partial charge on any atom is 0.331 e. The van der Waals surface area contributed by atoms with Gasteiger partial charge in [-0.2, -0.15) is 4.31 Å². The topological polar surface area (TPSA) is 89.0 Å². The summed E-state index contributed by atoms with van der Waals surface area (Å²) in [7, 11) is -7.02. The second-order valence-electron chi connectivity index (χ2n) is 5.42. The molecule has 142 valence electrons. The Bertz CT molecular complexity index is 708. The van der Waals surface area contributed by atoms with Gasteiger partial charge in [0.05, 0.1) is 11.6 Å². The van der Waals surface area contributed by atoms with Gasteiger partial charge >= 0.3 is 7.60 Å². The highest BCUT2D eigenvalue weighted by Crippen LogP contribution is 2.47. The molecule has 1 unspecified atom stereocenters. The van der Waals surface area contributed by atoms with E-state index < -0.39 is 23.6 Å². The van der Waals surface area contributed by atoms with Gasteiger partial charge in [0.15, 0.2) is 5.94 Å². The van der Waals surface area contributed by atoms with Crippen LogP contribution in [0.25, 0.3) is 0 Å². The first-order chi connectivity index (χ1) is 11.8. The van der Waals surface area contributed by atoms with Crippen LogP contribution in [0.15, 0.2) is 18.3 Å². The SMILES string of the molecule is CCOP(=O)(CC)OCS(=O)(=O)N1CCN(c2ccc(Cl)cn2)CC1. The zero-order chi connectivity index (χ0) is 18.5. The monoisotopic (exact) mass is 411 g/mol. The predicted octanol–water partition coefficient (Wildman–Crippen LogP) is 2.41. The number of hydrogen-bond acceptors (Lipinski definition) is 7. The fraction of sp³-hybridized carbons (Fsp3) is 0.643. The number of anilines is 1. The number of aromatic nitrogens is 1. The molecule has 2 heterocycles. The summed E-state index contributed by atoms with van der Waals surface area (Å²) in [5.74, 6) is 0.113. The fourth-order valence-corrected chi connectivity index (χ4v) is 5.38. The normalized spacial score (nSPS) is 18.9. The Kier molecular flexibility index (Phi) is 7.25. The minimum absolute atomic E-state index is 0.131. The molecule has 0 aromatic carbocycles. The summed E-state index contributed by atoms with van der Waals surface area (Å²) < 4.78 is 48.6. The Balaban J connectivity index is 1.92. The summed E-state index contributed by atoms with van der Waals surface area (Å²) in [5, 5.41) is 0.553. The van der Waals surface area contributed by atoms with Gasteiger partial charge in [0.2, 0.25) is 10.0 Å². The van der Waals surface area contributed by atoms with Crippen LogP contribution in [-0.4, -0.2) is 62.6 Å². The lowest BCUT2D eigenvalue weighted by atomic mass is 10.3. The van der Waals surface area contributed by atoms with Gasteiger partial charge in [0.1, 0.15) is 5.82 Å². The van der Waals surface area contributed by atoms with E-state index in [1.54, 1.807) is 32.2 Å². The van der Waals surface area contributed by atoms with E-state index in [-0.39, 0.29) is 12.8 Å². The molecule has 0 amide bonds. The quantitative estimate of drug-likeness (QED) is 0.607. The number of hydrogen-bond donors (Lipinski definition) is 0. The lowest BCUT2D eigenvalue weighted by Gasteiger charge is -2.34. The van der Waals surface area contributed by atoms with Crippen molar-refractivity contribution in [2.45, 2.75) is 13.8 Å². The van der Waals surface area contributed by atoms with Crippen LogP contribution in [0.5, 0.6) is 0 Å². The number of halogens is 1. The molecule has 2 rings (SSSR count). The van der Waals surface area contributed by atoms with Crippen molar-refractivity contribution in [1.29, 1.82) is 0 Å². The van der Waals surface area contributed by atoms with Crippen LogP contribution in [0.4, 0.5) is 5.82 Å². The molecule has 1 aromatic rings. The summed E-state index contributed by atoms with van der Waals surface area (Å²) in [6.07, 6.45) is 1.69. The highest BCUT2D eigenvalue weighted by atomic mass is 35.5. The molecule has 8 nitrogen and oxygen atoms in total. The summed E-state index contributed by atoms with van der Waals surface area (Å²) in [4.78, 5) is 6.22. The van der Waals surface area contributed by atoms with Gasteiger partial charge in [-0.05, 0) is 19.1 Å². The second kappa shape index (κ2) is 8.79. The van der Waals surface area contributed by atoms with Crippen LogP contribution >= 0.6 is 19.2 Å². The fourth-order valence-electron chi connectivity index (χ4n) is 2.39. The van der Waals surface area contributed by atoms with Crippen molar-refractivity contribution in [2.24, 2.45) is 0 Å². The Labute approximate surface area is 153 Å². The summed E-state index contributed by atoms with van der Waals surface area (Å²) in [6, 6.07) is 3.55. The molecule has 25 heavy (non-hydrogen) atoms. The van der Waals surface area contributed by atoms with Gasteiger partial charge in [-0.1, -0.05) is 18.5 Å².